The summed E-state index contributed by atoms with van der Waals surface area (Å²) in [5, 5.41) is 6.76. The molecule has 0 saturated carbocycles. The van der Waals surface area contributed by atoms with E-state index in [4.69, 9.17) is 4.99 Å². The minimum atomic E-state index is 0.657. The Labute approximate surface area is 162 Å². The van der Waals surface area contributed by atoms with Gasteiger partial charge < -0.3 is 15.5 Å². The molecule has 1 aliphatic rings. The lowest BCUT2D eigenvalue weighted by atomic mass is 10.1. The molecule has 5 heteroatoms. The van der Waals surface area contributed by atoms with Crippen LogP contribution in [0.5, 0.6) is 0 Å². The monoisotopic (exact) mass is 365 g/mol. The molecule has 0 bridgehead atoms. The summed E-state index contributed by atoms with van der Waals surface area (Å²) in [5.41, 5.74) is 2.53. The molecule has 0 spiro atoms. The first-order valence-electron chi connectivity index (χ1n) is 10.1. The largest absolute Gasteiger partial charge is 0.357 e. The fraction of sp³-hybridized carbons (Fsp3) is 0.455. The second-order valence-electron chi connectivity index (χ2n) is 6.93. The minimum absolute atomic E-state index is 0.657. The van der Waals surface area contributed by atoms with Crippen LogP contribution in [-0.2, 0) is 13.0 Å². The zero-order valence-corrected chi connectivity index (χ0v) is 16.3. The quantitative estimate of drug-likeness (QED) is 0.583. The lowest BCUT2D eigenvalue weighted by Gasteiger charge is -2.27. The van der Waals surface area contributed by atoms with E-state index in [0.717, 1.165) is 44.4 Å². The van der Waals surface area contributed by atoms with Crippen LogP contribution >= 0.6 is 0 Å². The third kappa shape index (κ3) is 6.27. The fourth-order valence-corrected chi connectivity index (χ4v) is 3.34. The van der Waals surface area contributed by atoms with Gasteiger partial charge in [-0.3, -0.25) is 0 Å². The van der Waals surface area contributed by atoms with Crippen molar-refractivity contribution < 1.29 is 0 Å². The highest BCUT2D eigenvalue weighted by Gasteiger charge is 2.12. The van der Waals surface area contributed by atoms with Gasteiger partial charge in [0.2, 0.25) is 0 Å². The van der Waals surface area contributed by atoms with E-state index < -0.39 is 0 Å². The van der Waals surface area contributed by atoms with E-state index in [0.29, 0.717) is 6.54 Å². The lowest BCUT2D eigenvalue weighted by molar-refractivity contribution is 0.573. The Morgan fingerprint density at radius 1 is 1.04 bits per heavy atom. The molecule has 0 atom stereocenters. The molecule has 0 unspecified atom stereocenters. The van der Waals surface area contributed by atoms with Gasteiger partial charge in [0.05, 0.1) is 6.54 Å². The maximum Gasteiger partial charge on any atom is 0.191 e. The highest BCUT2D eigenvalue weighted by Crippen LogP contribution is 2.18. The molecular weight excluding hydrogens is 334 g/mol. The van der Waals surface area contributed by atoms with Crippen molar-refractivity contribution >= 4 is 11.8 Å². The predicted octanol–water partition coefficient (Wildman–Crippen LogP) is 3.37. The Morgan fingerprint density at radius 2 is 1.85 bits per heavy atom. The third-order valence-corrected chi connectivity index (χ3v) is 4.80. The molecule has 2 aromatic rings. The van der Waals surface area contributed by atoms with Crippen molar-refractivity contribution in [3.8, 4) is 0 Å². The van der Waals surface area contributed by atoms with E-state index in [1.54, 1.807) is 0 Å². The molecular formula is C22H31N5. The van der Waals surface area contributed by atoms with E-state index in [2.05, 4.69) is 69.9 Å². The third-order valence-electron chi connectivity index (χ3n) is 4.80. The first-order valence-corrected chi connectivity index (χ1v) is 10.1. The molecule has 1 aliphatic heterocycles. The molecule has 0 aliphatic carbocycles. The van der Waals surface area contributed by atoms with Crippen LogP contribution in [0.3, 0.4) is 0 Å². The first-order chi connectivity index (χ1) is 13.3. The molecule has 5 nitrogen and oxygen atoms in total. The van der Waals surface area contributed by atoms with Crippen molar-refractivity contribution in [2.75, 3.05) is 31.1 Å². The van der Waals surface area contributed by atoms with Gasteiger partial charge in [-0.05, 0) is 55.9 Å². The molecule has 1 aromatic carbocycles. The second kappa shape index (κ2) is 10.6. The van der Waals surface area contributed by atoms with E-state index in [9.17, 15) is 0 Å². The summed E-state index contributed by atoms with van der Waals surface area (Å²) >= 11 is 0. The van der Waals surface area contributed by atoms with Gasteiger partial charge in [0, 0.05) is 32.4 Å². The molecule has 3 rings (SSSR count). The van der Waals surface area contributed by atoms with Gasteiger partial charge in [-0.15, -0.1) is 0 Å². The highest BCUT2D eigenvalue weighted by molar-refractivity contribution is 5.79. The Morgan fingerprint density at radius 3 is 2.63 bits per heavy atom. The number of aliphatic imine (C=N–C) groups is 1. The van der Waals surface area contributed by atoms with Gasteiger partial charge in [0.25, 0.3) is 0 Å². The van der Waals surface area contributed by atoms with E-state index in [-0.39, 0.29) is 0 Å². The van der Waals surface area contributed by atoms with Crippen LogP contribution in [0.4, 0.5) is 5.82 Å². The van der Waals surface area contributed by atoms with Crippen LogP contribution in [-0.4, -0.2) is 37.1 Å². The van der Waals surface area contributed by atoms with Crippen molar-refractivity contribution in [1.29, 1.82) is 0 Å². The number of anilines is 1. The first kappa shape index (κ1) is 19.2. The second-order valence-corrected chi connectivity index (χ2v) is 6.93. The predicted molar refractivity (Wildman–Crippen MR) is 113 cm³/mol. The number of piperidine rings is 1. The van der Waals surface area contributed by atoms with Crippen molar-refractivity contribution in [2.45, 2.75) is 39.2 Å². The summed E-state index contributed by atoms with van der Waals surface area (Å²) in [6.07, 6.45) is 6.76. The van der Waals surface area contributed by atoms with Crippen LogP contribution in [0.1, 0.15) is 37.3 Å². The van der Waals surface area contributed by atoms with Crippen molar-refractivity contribution in [1.82, 2.24) is 15.6 Å². The van der Waals surface area contributed by atoms with Gasteiger partial charge in [-0.2, -0.15) is 0 Å². The lowest BCUT2D eigenvalue weighted by Crippen LogP contribution is -2.38. The van der Waals surface area contributed by atoms with E-state index in [1.165, 1.54) is 30.4 Å². The van der Waals surface area contributed by atoms with Gasteiger partial charge >= 0.3 is 0 Å². The average molecular weight is 366 g/mol. The zero-order valence-electron chi connectivity index (χ0n) is 16.3. The number of nitrogens with one attached hydrogen (secondary N) is 2. The summed E-state index contributed by atoms with van der Waals surface area (Å²) in [7, 11) is 0. The number of rotatable bonds is 7. The number of aromatic nitrogens is 1. The topological polar surface area (TPSA) is 52.6 Å². The van der Waals surface area contributed by atoms with Crippen LogP contribution in [0.25, 0.3) is 0 Å². The molecule has 1 fully saturated rings. The Kier molecular flexibility index (Phi) is 7.51. The summed E-state index contributed by atoms with van der Waals surface area (Å²) in [6.45, 7) is 6.70. The number of nitrogens with zero attached hydrogens (tertiary/aromatic N) is 3. The van der Waals surface area contributed by atoms with Gasteiger partial charge in [0.1, 0.15) is 5.82 Å². The van der Waals surface area contributed by atoms with Crippen LogP contribution in [0, 0.1) is 0 Å². The molecule has 0 amide bonds. The van der Waals surface area contributed by atoms with Crippen molar-refractivity contribution in [2.24, 2.45) is 4.99 Å². The maximum absolute atomic E-state index is 4.75. The van der Waals surface area contributed by atoms with E-state index >= 15 is 0 Å². The molecule has 1 aromatic heterocycles. The van der Waals surface area contributed by atoms with Crippen molar-refractivity contribution in [3.05, 3.63) is 59.8 Å². The number of hydrogen-bond donors (Lipinski definition) is 2. The van der Waals surface area contributed by atoms with Crippen LogP contribution in [0.15, 0.2) is 53.7 Å². The number of guanidine groups is 1. The molecule has 27 heavy (non-hydrogen) atoms. The fourth-order valence-electron chi connectivity index (χ4n) is 3.34. The minimum Gasteiger partial charge on any atom is -0.357 e. The Hall–Kier alpha value is -2.56. The van der Waals surface area contributed by atoms with Gasteiger partial charge in [-0.25, -0.2) is 9.98 Å². The SMILES string of the molecule is CCNC(=NCc1ccnc(N2CCCCC2)c1)NCCc1ccccc1. The summed E-state index contributed by atoms with van der Waals surface area (Å²) < 4.78 is 0. The average Bonchev–Trinajstić information content (AvgIpc) is 2.74. The Bertz CT molecular complexity index is 708. The zero-order chi connectivity index (χ0) is 18.7. The number of pyridine rings is 1. The molecule has 1 saturated heterocycles. The molecule has 2 N–H and O–H groups in total. The van der Waals surface area contributed by atoms with Crippen molar-refractivity contribution in [3.63, 3.8) is 0 Å². The number of hydrogen-bond acceptors (Lipinski definition) is 3. The van der Waals surface area contributed by atoms with E-state index in [1.807, 2.05) is 6.20 Å². The number of benzene rings is 1. The summed E-state index contributed by atoms with van der Waals surface area (Å²) in [5.74, 6) is 1.95. The summed E-state index contributed by atoms with van der Waals surface area (Å²) in [6, 6.07) is 14.8. The molecule has 144 valence electrons. The normalized spacial score (nSPS) is 14.9. The maximum atomic E-state index is 4.75. The van der Waals surface area contributed by atoms with Crippen LogP contribution < -0.4 is 15.5 Å². The van der Waals surface area contributed by atoms with Crippen LogP contribution in [0.2, 0.25) is 0 Å². The standard InChI is InChI=1S/C22H31N5/c1-2-23-22(25-14-11-19-9-5-3-6-10-19)26-18-20-12-13-24-21(17-20)27-15-7-4-8-16-27/h3,5-6,9-10,12-13,17H,2,4,7-8,11,14-16,18H2,1H3,(H2,23,25,26). The highest BCUT2D eigenvalue weighted by atomic mass is 15.2. The molecule has 0 radical (unpaired) electrons. The van der Waals surface area contributed by atoms with Gasteiger partial charge in [0.15, 0.2) is 5.96 Å². The summed E-state index contributed by atoms with van der Waals surface area (Å²) in [4.78, 5) is 11.7. The van der Waals surface area contributed by atoms with Gasteiger partial charge in [-0.1, -0.05) is 30.3 Å². The Balaban J connectivity index is 1.55. The smallest absolute Gasteiger partial charge is 0.191 e. The molecule has 2 heterocycles.